The monoisotopic (exact) mass is 376 g/mol. The zero-order chi connectivity index (χ0) is 15.4. The lowest BCUT2D eigenvalue weighted by Crippen LogP contribution is -2.43. The predicted molar refractivity (Wildman–Crippen MR) is 103 cm³/mol. The Kier molecular flexibility index (Phi) is 8.71. The number of aromatic amines is 1. The van der Waals surface area contributed by atoms with Crippen LogP contribution in [-0.4, -0.2) is 35.6 Å². The van der Waals surface area contributed by atoms with Crippen molar-refractivity contribution in [2.45, 2.75) is 57.9 Å². The minimum Gasteiger partial charge on any atom is -0.317 e. The number of halogens is 2. The Bertz CT molecular complexity index is 548. The second kappa shape index (κ2) is 9.76. The molecule has 2 fully saturated rings. The van der Waals surface area contributed by atoms with E-state index in [9.17, 15) is 4.79 Å². The van der Waals surface area contributed by atoms with E-state index < -0.39 is 0 Å². The summed E-state index contributed by atoms with van der Waals surface area (Å²) in [5, 5.41) is 7.14. The largest absolute Gasteiger partial charge is 0.317 e. The lowest BCUT2D eigenvalue weighted by molar-refractivity contribution is 0.116. The zero-order valence-corrected chi connectivity index (χ0v) is 16.0. The lowest BCUT2D eigenvalue weighted by Gasteiger charge is -2.43. The molecule has 2 aliphatic rings. The summed E-state index contributed by atoms with van der Waals surface area (Å²) >= 11 is 0. The maximum atomic E-state index is 11.4. The molecule has 0 radical (unpaired) electrons. The van der Waals surface area contributed by atoms with Gasteiger partial charge in [0.15, 0.2) is 0 Å². The molecule has 24 heavy (non-hydrogen) atoms. The van der Waals surface area contributed by atoms with Crippen LogP contribution < -0.4 is 16.2 Å². The maximum Gasteiger partial charge on any atom is 0.251 e. The molecular weight excluding hydrogens is 347 g/mol. The van der Waals surface area contributed by atoms with Gasteiger partial charge in [-0.15, -0.1) is 24.8 Å². The van der Waals surface area contributed by atoms with Gasteiger partial charge < -0.3 is 15.6 Å². The molecule has 0 bridgehead atoms. The summed E-state index contributed by atoms with van der Waals surface area (Å²) in [6.07, 6.45) is 8.87. The third kappa shape index (κ3) is 5.73. The molecule has 5 nitrogen and oxygen atoms in total. The fourth-order valence-electron chi connectivity index (χ4n) is 4.07. The van der Waals surface area contributed by atoms with Gasteiger partial charge in [0.25, 0.3) is 5.56 Å². The van der Waals surface area contributed by atoms with Crippen LogP contribution in [-0.2, 0) is 6.42 Å². The number of hydrogen-bond acceptors (Lipinski definition) is 4. The first kappa shape index (κ1) is 21.4. The number of hydrogen-bond donors (Lipinski definition) is 3. The molecule has 0 atom stereocenters. The van der Waals surface area contributed by atoms with Gasteiger partial charge in [-0.25, -0.2) is 4.98 Å². The Balaban J connectivity index is 0.00000144. The van der Waals surface area contributed by atoms with Gasteiger partial charge in [0, 0.05) is 30.8 Å². The highest BCUT2D eigenvalue weighted by Gasteiger charge is 2.35. The quantitative estimate of drug-likeness (QED) is 0.754. The molecule has 1 spiro atoms. The summed E-state index contributed by atoms with van der Waals surface area (Å²) < 4.78 is 0. The highest BCUT2D eigenvalue weighted by atomic mass is 35.5. The van der Waals surface area contributed by atoms with E-state index in [-0.39, 0.29) is 30.4 Å². The predicted octanol–water partition coefficient (Wildman–Crippen LogP) is 2.37. The van der Waals surface area contributed by atoms with Crippen molar-refractivity contribution in [1.82, 2.24) is 20.6 Å². The summed E-state index contributed by atoms with van der Waals surface area (Å²) in [7, 11) is 0. The SMILES string of the molecule is Cc1nc(CCNC2CCC3(CCNCC3)CC2)cc(=O)[nH]1.Cl.Cl. The van der Waals surface area contributed by atoms with Gasteiger partial charge in [0.1, 0.15) is 5.82 Å². The molecule has 0 aromatic carbocycles. The van der Waals surface area contributed by atoms with Gasteiger partial charge in [-0.1, -0.05) is 0 Å². The summed E-state index contributed by atoms with van der Waals surface area (Å²) in [6, 6.07) is 2.25. The van der Waals surface area contributed by atoms with E-state index >= 15 is 0 Å². The Hall–Kier alpha value is -0.620. The van der Waals surface area contributed by atoms with Gasteiger partial charge in [0.2, 0.25) is 0 Å². The Morgan fingerprint density at radius 3 is 2.50 bits per heavy atom. The van der Waals surface area contributed by atoms with Crippen molar-refractivity contribution in [3.05, 3.63) is 27.9 Å². The molecule has 0 unspecified atom stereocenters. The summed E-state index contributed by atoms with van der Waals surface area (Å²) in [4.78, 5) is 18.5. The molecule has 1 saturated heterocycles. The van der Waals surface area contributed by atoms with Crippen LogP contribution in [0.3, 0.4) is 0 Å². The topological polar surface area (TPSA) is 69.8 Å². The summed E-state index contributed by atoms with van der Waals surface area (Å²) in [6.45, 7) is 5.14. The molecule has 1 aromatic rings. The first-order valence-corrected chi connectivity index (χ1v) is 8.66. The van der Waals surface area contributed by atoms with E-state index in [1.165, 1.54) is 51.6 Å². The van der Waals surface area contributed by atoms with Crippen LogP contribution in [0.5, 0.6) is 0 Å². The van der Waals surface area contributed by atoms with E-state index in [1.54, 1.807) is 6.07 Å². The van der Waals surface area contributed by atoms with E-state index in [4.69, 9.17) is 0 Å². The maximum absolute atomic E-state index is 11.4. The van der Waals surface area contributed by atoms with Gasteiger partial charge in [-0.3, -0.25) is 4.79 Å². The Morgan fingerprint density at radius 2 is 1.88 bits per heavy atom. The number of nitrogens with zero attached hydrogens (tertiary/aromatic N) is 1. The molecule has 1 aliphatic carbocycles. The van der Waals surface area contributed by atoms with E-state index in [0.717, 1.165) is 18.7 Å². The van der Waals surface area contributed by atoms with Gasteiger partial charge in [-0.2, -0.15) is 0 Å². The molecule has 0 amide bonds. The zero-order valence-electron chi connectivity index (χ0n) is 14.4. The Morgan fingerprint density at radius 1 is 1.21 bits per heavy atom. The standard InChI is InChI=1S/C17H28N4O.2ClH/c1-13-20-15(12-16(22)21-13)4-9-19-14-2-5-17(6-3-14)7-10-18-11-8-17;;/h12,14,18-19H,2-11H2,1H3,(H,20,21,22);2*1H. The molecule has 3 N–H and O–H groups in total. The Labute approximate surface area is 156 Å². The van der Waals surface area contributed by atoms with E-state index in [1.807, 2.05) is 6.92 Å². The van der Waals surface area contributed by atoms with Gasteiger partial charge in [0.05, 0.1) is 0 Å². The number of H-pyrrole nitrogens is 1. The number of aromatic nitrogens is 2. The average Bonchev–Trinajstić information content (AvgIpc) is 2.49. The molecule has 138 valence electrons. The van der Waals surface area contributed by atoms with Crippen molar-refractivity contribution in [3.8, 4) is 0 Å². The van der Waals surface area contributed by atoms with Crippen LogP contribution in [0.1, 0.15) is 50.0 Å². The van der Waals surface area contributed by atoms with Crippen LogP contribution in [0.25, 0.3) is 0 Å². The second-order valence-electron chi connectivity index (χ2n) is 7.05. The number of aryl methyl sites for hydroxylation is 1. The van der Waals surface area contributed by atoms with Crippen molar-refractivity contribution < 1.29 is 0 Å². The van der Waals surface area contributed by atoms with Crippen molar-refractivity contribution in [2.24, 2.45) is 5.41 Å². The molecule has 1 saturated carbocycles. The smallest absolute Gasteiger partial charge is 0.251 e. The first-order chi connectivity index (χ1) is 10.7. The van der Waals surface area contributed by atoms with E-state index in [0.29, 0.717) is 17.3 Å². The van der Waals surface area contributed by atoms with Crippen LogP contribution >= 0.6 is 24.8 Å². The molecular formula is C17H30Cl2N4O. The molecule has 7 heteroatoms. The van der Waals surface area contributed by atoms with Gasteiger partial charge in [-0.05, 0) is 64.0 Å². The molecule has 1 aromatic heterocycles. The molecule has 2 heterocycles. The minimum atomic E-state index is -0.0481. The van der Waals surface area contributed by atoms with Gasteiger partial charge >= 0.3 is 0 Å². The molecule has 1 aliphatic heterocycles. The summed E-state index contributed by atoms with van der Waals surface area (Å²) in [5.41, 5.74) is 1.47. The van der Waals surface area contributed by atoms with Crippen molar-refractivity contribution in [3.63, 3.8) is 0 Å². The normalized spacial score (nSPS) is 20.2. The highest BCUT2D eigenvalue weighted by molar-refractivity contribution is 5.85. The summed E-state index contributed by atoms with van der Waals surface area (Å²) in [5.74, 6) is 0.702. The van der Waals surface area contributed by atoms with Crippen LogP contribution in [0.2, 0.25) is 0 Å². The average molecular weight is 377 g/mol. The number of nitrogens with one attached hydrogen (secondary N) is 3. The fraction of sp³-hybridized carbons (Fsp3) is 0.765. The van der Waals surface area contributed by atoms with E-state index in [2.05, 4.69) is 20.6 Å². The number of piperidine rings is 1. The van der Waals surface area contributed by atoms with Crippen molar-refractivity contribution >= 4 is 24.8 Å². The molecule has 3 rings (SSSR count). The van der Waals surface area contributed by atoms with Crippen molar-refractivity contribution in [2.75, 3.05) is 19.6 Å². The van der Waals surface area contributed by atoms with Crippen molar-refractivity contribution in [1.29, 1.82) is 0 Å². The van der Waals surface area contributed by atoms with Crippen LogP contribution in [0.4, 0.5) is 0 Å². The third-order valence-electron chi connectivity index (χ3n) is 5.44. The lowest BCUT2D eigenvalue weighted by atomic mass is 9.67. The number of rotatable bonds is 4. The first-order valence-electron chi connectivity index (χ1n) is 8.66. The van der Waals surface area contributed by atoms with Crippen LogP contribution in [0, 0.1) is 12.3 Å². The van der Waals surface area contributed by atoms with Crippen LogP contribution in [0.15, 0.2) is 10.9 Å². The minimum absolute atomic E-state index is 0. The third-order valence-corrected chi connectivity index (χ3v) is 5.44. The fourth-order valence-corrected chi connectivity index (χ4v) is 4.07. The second-order valence-corrected chi connectivity index (χ2v) is 7.05. The highest BCUT2D eigenvalue weighted by Crippen LogP contribution is 2.43.